The highest BCUT2D eigenvalue weighted by molar-refractivity contribution is 7.09. The van der Waals surface area contributed by atoms with Gasteiger partial charge in [0.2, 0.25) is 5.91 Å². The molecule has 1 aromatic heterocycles. The van der Waals surface area contributed by atoms with Gasteiger partial charge in [-0.2, -0.15) is 0 Å². The first-order valence-corrected chi connectivity index (χ1v) is 8.54. The second-order valence-corrected chi connectivity index (χ2v) is 6.34. The fourth-order valence-corrected chi connectivity index (χ4v) is 3.40. The van der Waals surface area contributed by atoms with Crippen LogP contribution in [-0.4, -0.2) is 28.9 Å². The van der Waals surface area contributed by atoms with E-state index in [1.165, 1.54) is 12.8 Å². The van der Waals surface area contributed by atoms with Gasteiger partial charge in [-0.15, -0.1) is 11.3 Å². The lowest BCUT2D eigenvalue weighted by Crippen LogP contribution is -2.28. The summed E-state index contributed by atoms with van der Waals surface area (Å²) >= 11 is 1.64. The van der Waals surface area contributed by atoms with Gasteiger partial charge in [-0.1, -0.05) is 26.7 Å². The molecule has 112 valence electrons. The Bertz CT molecular complexity index is 423. The molecule has 2 rings (SSSR count). The van der Waals surface area contributed by atoms with Crippen molar-refractivity contribution in [2.75, 3.05) is 13.1 Å². The molecule has 0 radical (unpaired) electrons. The number of aromatic nitrogens is 1. The topological polar surface area (TPSA) is 45.2 Å². The Balaban J connectivity index is 1.78. The second kappa shape index (κ2) is 7.74. The number of rotatable bonds is 7. The van der Waals surface area contributed by atoms with Crippen molar-refractivity contribution in [2.24, 2.45) is 5.92 Å². The predicted octanol–water partition coefficient (Wildman–Crippen LogP) is 2.79. The van der Waals surface area contributed by atoms with Crippen LogP contribution in [-0.2, 0) is 17.9 Å². The van der Waals surface area contributed by atoms with E-state index in [1.807, 2.05) is 0 Å². The van der Waals surface area contributed by atoms with Crippen LogP contribution in [0.3, 0.4) is 0 Å². The van der Waals surface area contributed by atoms with Crippen LogP contribution < -0.4 is 5.32 Å². The summed E-state index contributed by atoms with van der Waals surface area (Å²) in [5.74, 6) is 0.452. The Labute approximate surface area is 125 Å². The van der Waals surface area contributed by atoms with E-state index in [2.05, 4.69) is 34.4 Å². The largest absolute Gasteiger partial charge is 0.349 e. The van der Waals surface area contributed by atoms with Crippen LogP contribution in [0.2, 0.25) is 0 Å². The molecular weight excluding hydrogens is 270 g/mol. The van der Waals surface area contributed by atoms with Crippen LogP contribution in [0.4, 0.5) is 0 Å². The summed E-state index contributed by atoms with van der Waals surface area (Å²) in [6.45, 7) is 7.90. The van der Waals surface area contributed by atoms with Gasteiger partial charge in [0.25, 0.3) is 0 Å². The van der Waals surface area contributed by atoms with E-state index in [9.17, 15) is 4.79 Å². The minimum Gasteiger partial charge on any atom is -0.349 e. The van der Waals surface area contributed by atoms with Gasteiger partial charge in [0.15, 0.2) is 0 Å². The van der Waals surface area contributed by atoms with Crippen molar-refractivity contribution in [1.29, 1.82) is 0 Å². The highest BCUT2D eigenvalue weighted by atomic mass is 32.1. The van der Waals surface area contributed by atoms with Crippen LogP contribution in [0.5, 0.6) is 0 Å². The molecule has 1 saturated carbocycles. The van der Waals surface area contributed by atoms with Crippen LogP contribution >= 0.6 is 11.3 Å². The van der Waals surface area contributed by atoms with E-state index in [0.29, 0.717) is 6.54 Å². The molecule has 1 aliphatic rings. The lowest BCUT2D eigenvalue weighted by Gasteiger charge is -2.15. The van der Waals surface area contributed by atoms with Gasteiger partial charge in [0.05, 0.1) is 12.2 Å². The average molecular weight is 295 g/mol. The molecule has 0 saturated heterocycles. The molecule has 0 bridgehead atoms. The van der Waals surface area contributed by atoms with Crippen LogP contribution in [0.15, 0.2) is 5.38 Å². The molecule has 5 heteroatoms. The molecule has 1 aliphatic carbocycles. The number of hydrogen-bond donors (Lipinski definition) is 1. The SMILES string of the molecule is CCN(CC)Cc1csc(CNC(=O)C2CCCC2)n1. The van der Waals surface area contributed by atoms with Gasteiger partial charge in [0.1, 0.15) is 5.01 Å². The lowest BCUT2D eigenvalue weighted by atomic mass is 10.1. The van der Waals surface area contributed by atoms with E-state index < -0.39 is 0 Å². The molecule has 1 N–H and O–H groups in total. The van der Waals surface area contributed by atoms with Crippen LogP contribution in [0.25, 0.3) is 0 Å². The third kappa shape index (κ3) is 4.28. The van der Waals surface area contributed by atoms with Gasteiger partial charge in [-0.3, -0.25) is 9.69 Å². The number of nitrogens with zero attached hydrogens (tertiary/aromatic N) is 2. The minimum atomic E-state index is 0.211. The fourth-order valence-electron chi connectivity index (χ4n) is 2.67. The van der Waals surface area contributed by atoms with Crippen molar-refractivity contribution in [3.05, 3.63) is 16.1 Å². The molecular formula is C15H25N3OS. The maximum atomic E-state index is 12.0. The maximum absolute atomic E-state index is 12.0. The first-order chi connectivity index (χ1) is 9.72. The highest BCUT2D eigenvalue weighted by Gasteiger charge is 2.22. The average Bonchev–Trinajstić information content (AvgIpc) is 3.13. The third-order valence-corrected chi connectivity index (χ3v) is 4.92. The normalized spacial score (nSPS) is 15.9. The Morgan fingerprint density at radius 1 is 1.40 bits per heavy atom. The first-order valence-electron chi connectivity index (χ1n) is 7.66. The molecule has 20 heavy (non-hydrogen) atoms. The van der Waals surface area contributed by atoms with E-state index in [1.54, 1.807) is 11.3 Å². The quantitative estimate of drug-likeness (QED) is 0.841. The lowest BCUT2D eigenvalue weighted by molar-refractivity contribution is -0.124. The van der Waals surface area contributed by atoms with E-state index in [4.69, 9.17) is 0 Å². The smallest absolute Gasteiger partial charge is 0.223 e. The maximum Gasteiger partial charge on any atom is 0.223 e. The minimum absolute atomic E-state index is 0.211. The molecule has 0 unspecified atom stereocenters. The molecule has 1 aromatic rings. The summed E-state index contributed by atoms with van der Waals surface area (Å²) in [4.78, 5) is 18.9. The van der Waals surface area contributed by atoms with E-state index in [0.717, 1.165) is 43.2 Å². The summed E-state index contributed by atoms with van der Waals surface area (Å²) in [5.41, 5.74) is 1.11. The van der Waals surface area contributed by atoms with Gasteiger partial charge in [-0.25, -0.2) is 4.98 Å². The molecule has 0 spiro atoms. The van der Waals surface area contributed by atoms with Crippen molar-refractivity contribution < 1.29 is 4.79 Å². The zero-order chi connectivity index (χ0) is 14.4. The van der Waals surface area contributed by atoms with Crippen molar-refractivity contribution in [3.63, 3.8) is 0 Å². The van der Waals surface area contributed by atoms with Gasteiger partial charge < -0.3 is 5.32 Å². The Hall–Kier alpha value is -0.940. The Morgan fingerprint density at radius 3 is 2.75 bits per heavy atom. The zero-order valence-electron chi connectivity index (χ0n) is 12.5. The number of thiazole rings is 1. The van der Waals surface area contributed by atoms with Crippen molar-refractivity contribution in [1.82, 2.24) is 15.2 Å². The molecule has 4 nitrogen and oxygen atoms in total. The number of carbonyl (C=O) groups excluding carboxylic acids is 1. The van der Waals surface area contributed by atoms with Crippen molar-refractivity contribution >= 4 is 17.2 Å². The van der Waals surface area contributed by atoms with Gasteiger partial charge >= 0.3 is 0 Å². The highest BCUT2D eigenvalue weighted by Crippen LogP contribution is 2.24. The molecule has 0 aliphatic heterocycles. The molecule has 0 aromatic carbocycles. The van der Waals surface area contributed by atoms with E-state index >= 15 is 0 Å². The van der Waals surface area contributed by atoms with E-state index in [-0.39, 0.29) is 11.8 Å². The van der Waals surface area contributed by atoms with Gasteiger partial charge in [-0.05, 0) is 25.9 Å². The summed E-state index contributed by atoms with van der Waals surface area (Å²) in [7, 11) is 0. The Morgan fingerprint density at radius 2 is 2.10 bits per heavy atom. The summed E-state index contributed by atoms with van der Waals surface area (Å²) in [5, 5.41) is 6.15. The number of amides is 1. The first kappa shape index (κ1) is 15.4. The molecule has 1 amide bonds. The van der Waals surface area contributed by atoms with Gasteiger partial charge in [0, 0.05) is 17.8 Å². The Kier molecular flexibility index (Phi) is 5.98. The number of hydrogen-bond acceptors (Lipinski definition) is 4. The standard InChI is InChI=1S/C15H25N3OS/c1-3-18(4-2)10-13-11-20-14(17-13)9-16-15(19)12-7-5-6-8-12/h11-12H,3-10H2,1-2H3,(H,16,19). The number of carbonyl (C=O) groups is 1. The van der Waals surface area contributed by atoms with Crippen LogP contribution in [0.1, 0.15) is 50.2 Å². The third-order valence-electron chi connectivity index (χ3n) is 4.02. The summed E-state index contributed by atoms with van der Waals surface area (Å²) < 4.78 is 0. The monoisotopic (exact) mass is 295 g/mol. The number of nitrogens with one attached hydrogen (secondary N) is 1. The second-order valence-electron chi connectivity index (χ2n) is 5.39. The van der Waals surface area contributed by atoms with Crippen molar-refractivity contribution in [2.45, 2.75) is 52.6 Å². The molecule has 0 atom stereocenters. The predicted molar refractivity (Wildman–Crippen MR) is 82.5 cm³/mol. The fraction of sp³-hybridized carbons (Fsp3) is 0.733. The summed E-state index contributed by atoms with van der Waals surface area (Å²) in [6, 6.07) is 0. The molecule has 1 fully saturated rings. The zero-order valence-corrected chi connectivity index (χ0v) is 13.3. The van der Waals surface area contributed by atoms with Crippen LogP contribution in [0, 0.1) is 5.92 Å². The van der Waals surface area contributed by atoms with Crippen molar-refractivity contribution in [3.8, 4) is 0 Å². The summed E-state index contributed by atoms with van der Waals surface area (Å²) in [6.07, 6.45) is 4.50. The molecule has 1 heterocycles.